The number of halogens is 2. The molecule has 0 saturated heterocycles. The number of rotatable bonds is 2. The number of benzene rings is 2. The Morgan fingerprint density at radius 2 is 1.95 bits per heavy atom. The molecular weight excluding hydrogens is 329 g/mol. The molecule has 0 spiro atoms. The molecule has 21 heavy (non-hydrogen) atoms. The van der Waals surface area contributed by atoms with Crippen molar-refractivity contribution in [3.05, 3.63) is 46.4 Å². The number of nitrogens with one attached hydrogen (secondary N) is 2. The third-order valence-electron chi connectivity index (χ3n) is 2.86. The maximum atomic E-state index is 6.13. The van der Waals surface area contributed by atoms with Crippen LogP contribution in [0.1, 0.15) is 0 Å². The number of methoxy groups -OCH3 is 1. The van der Waals surface area contributed by atoms with Gasteiger partial charge in [0.2, 0.25) is 5.96 Å². The highest BCUT2D eigenvalue weighted by Crippen LogP contribution is 2.43. The predicted molar refractivity (Wildman–Crippen MR) is 89.2 cm³/mol. The number of ether oxygens (including phenoxy) is 1. The molecule has 0 aromatic heterocycles. The molecule has 108 valence electrons. The summed E-state index contributed by atoms with van der Waals surface area (Å²) in [6.45, 7) is 0. The lowest BCUT2D eigenvalue weighted by Gasteiger charge is -2.20. The molecule has 7 heteroatoms. The van der Waals surface area contributed by atoms with Gasteiger partial charge < -0.3 is 10.1 Å². The first-order valence-electron chi connectivity index (χ1n) is 6.08. The summed E-state index contributed by atoms with van der Waals surface area (Å²) < 4.78 is 8.45. The Bertz CT molecular complexity index is 721. The average Bonchev–Trinajstić information content (AvgIpc) is 2.49. The fourth-order valence-corrected chi connectivity index (χ4v) is 2.98. The summed E-state index contributed by atoms with van der Waals surface area (Å²) in [4.78, 5) is 5.46. The molecule has 0 radical (unpaired) electrons. The third kappa shape index (κ3) is 2.90. The first-order chi connectivity index (χ1) is 10.2. The Balaban J connectivity index is 1.97. The third-order valence-corrected chi connectivity index (χ3v) is 4.33. The molecule has 0 bridgehead atoms. The number of nitrogens with zero attached hydrogens (tertiary/aromatic N) is 1. The smallest absolute Gasteiger partial charge is 0.211 e. The molecule has 1 aliphatic rings. The predicted octanol–water partition coefficient (Wildman–Crippen LogP) is 4.71. The van der Waals surface area contributed by atoms with Crippen LogP contribution in [-0.2, 0) is 0 Å². The number of fused-ring (bicyclic) bond motifs is 1. The summed E-state index contributed by atoms with van der Waals surface area (Å²) in [5.74, 6) is 1.13. The second kappa shape index (κ2) is 6.05. The minimum absolute atomic E-state index is 0.527. The van der Waals surface area contributed by atoms with E-state index in [1.807, 2.05) is 30.3 Å². The van der Waals surface area contributed by atoms with Crippen LogP contribution in [-0.4, -0.2) is 13.1 Å². The Labute approximate surface area is 136 Å². The minimum Gasteiger partial charge on any atom is -0.493 e. The molecule has 2 N–H and O–H groups in total. The van der Waals surface area contributed by atoms with E-state index in [2.05, 4.69) is 15.0 Å². The van der Waals surface area contributed by atoms with Crippen LogP contribution in [0, 0.1) is 0 Å². The van der Waals surface area contributed by atoms with E-state index in [9.17, 15) is 0 Å². The SMILES string of the molecule is COc1c(Cl)ccc2c1N=C(Nc1ccccc1Cl)NS2. The van der Waals surface area contributed by atoms with Gasteiger partial charge in [-0.05, 0) is 36.2 Å². The van der Waals surface area contributed by atoms with Gasteiger partial charge in [-0.1, -0.05) is 35.3 Å². The highest BCUT2D eigenvalue weighted by Gasteiger charge is 2.19. The van der Waals surface area contributed by atoms with Gasteiger partial charge >= 0.3 is 0 Å². The molecule has 2 aromatic rings. The topological polar surface area (TPSA) is 45.6 Å². The summed E-state index contributed by atoms with van der Waals surface area (Å²) in [7, 11) is 1.57. The molecule has 0 fully saturated rings. The van der Waals surface area contributed by atoms with Crippen LogP contribution in [0.3, 0.4) is 0 Å². The van der Waals surface area contributed by atoms with E-state index in [-0.39, 0.29) is 0 Å². The number of aliphatic imine (C=N–C) groups is 1. The molecule has 0 aliphatic carbocycles. The largest absolute Gasteiger partial charge is 0.493 e. The molecule has 0 amide bonds. The zero-order valence-corrected chi connectivity index (χ0v) is 13.3. The lowest BCUT2D eigenvalue weighted by Crippen LogP contribution is -2.27. The quantitative estimate of drug-likeness (QED) is 0.777. The van der Waals surface area contributed by atoms with E-state index >= 15 is 0 Å². The van der Waals surface area contributed by atoms with Gasteiger partial charge in [0.25, 0.3) is 0 Å². The number of hydrogen-bond donors (Lipinski definition) is 2. The zero-order chi connectivity index (χ0) is 14.8. The first-order valence-corrected chi connectivity index (χ1v) is 7.66. The van der Waals surface area contributed by atoms with E-state index in [1.54, 1.807) is 13.2 Å². The highest BCUT2D eigenvalue weighted by molar-refractivity contribution is 7.98. The van der Waals surface area contributed by atoms with Gasteiger partial charge in [0.1, 0.15) is 5.69 Å². The fourth-order valence-electron chi connectivity index (χ4n) is 1.89. The molecule has 3 rings (SSSR count). The van der Waals surface area contributed by atoms with Crippen molar-refractivity contribution < 1.29 is 4.74 Å². The van der Waals surface area contributed by atoms with Crippen molar-refractivity contribution in [2.45, 2.75) is 4.90 Å². The van der Waals surface area contributed by atoms with Gasteiger partial charge in [0, 0.05) is 0 Å². The van der Waals surface area contributed by atoms with Crippen LogP contribution >= 0.6 is 35.1 Å². The van der Waals surface area contributed by atoms with Crippen LogP contribution in [0.15, 0.2) is 46.3 Å². The summed E-state index contributed by atoms with van der Waals surface area (Å²) in [5, 5.41) is 4.30. The summed E-state index contributed by atoms with van der Waals surface area (Å²) in [6, 6.07) is 11.1. The van der Waals surface area contributed by atoms with E-state index in [1.165, 1.54) is 11.9 Å². The summed E-state index contributed by atoms with van der Waals surface area (Å²) in [6.07, 6.45) is 0. The van der Waals surface area contributed by atoms with E-state index in [0.717, 1.165) is 10.6 Å². The van der Waals surface area contributed by atoms with Gasteiger partial charge in [0.15, 0.2) is 5.75 Å². The molecule has 2 aromatic carbocycles. The van der Waals surface area contributed by atoms with Crippen LogP contribution in [0.5, 0.6) is 5.75 Å². The second-order valence-corrected chi connectivity index (χ2v) is 5.86. The maximum Gasteiger partial charge on any atom is 0.211 e. The van der Waals surface area contributed by atoms with Gasteiger partial charge in [-0.15, -0.1) is 0 Å². The number of hydrogen-bond acceptors (Lipinski definition) is 5. The highest BCUT2D eigenvalue weighted by atomic mass is 35.5. The van der Waals surface area contributed by atoms with Gasteiger partial charge in [-0.2, -0.15) is 0 Å². The summed E-state index contributed by atoms with van der Waals surface area (Å²) in [5.41, 5.74) is 1.47. The lowest BCUT2D eigenvalue weighted by atomic mass is 10.3. The molecular formula is C14H11Cl2N3OS. The minimum atomic E-state index is 0.527. The standard InChI is InChI=1S/C14H11Cl2N3OS/c1-20-13-9(16)6-7-11-12(13)18-14(19-21-11)17-10-5-3-2-4-8(10)15/h2-7H,1H3,(H2,17,18,19). The molecule has 0 saturated carbocycles. The van der Waals surface area contributed by atoms with E-state index in [0.29, 0.717) is 27.4 Å². The van der Waals surface area contributed by atoms with Crippen molar-refractivity contribution in [3.8, 4) is 5.75 Å². The van der Waals surface area contributed by atoms with Gasteiger partial charge in [-0.25, -0.2) is 4.99 Å². The van der Waals surface area contributed by atoms with Crippen molar-refractivity contribution in [3.63, 3.8) is 0 Å². The first kappa shape index (κ1) is 14.4. The lowest BCUT2D eigenvalue weighted by molar-refractivity contribution is 0.415. The Hall–Kier alpha value is -1.56. The normalized spacial score (nSPS) is 13.0. The van der Waals surface area contributed by atoms with E-state index in [4.69, 9.17) is 27.9 Å². The maximum absolute atomic E-state index is 6.13. The Kier molecular flexibility index (Phi) is 4.14. The van der Waals surface area contributed by atoms with Crippen molar-refractivity contribution in [1.82, 2.24) is 4.72 Å². The zero-order valence-electron chi connectivity index (χ0n) is 11.0. The molecule has 1 aliphatic heterocycles. The van der Waals surface area contributed by atoms with Crippen LogP contribution in [0.4, 0.5) is 11.4 Å². The molecule has 4 nitrogen and oxygen atoms in total. The van der Waals surface area contributed by atoms with Crippen LogP contribution < -0.4 is 14.8 Å². The van der Waals surface area contributed by atoms with Crippen LogP contribution in [0.2, 0.25) is 10.0 Å². The molecule has 0 unspecified atom stereocenters. The second-order valence-electron chi connectivity index (χ2n) is 4.20. The van der Waals surface area contributed by atoms with Crippen LogP contribution in [0.25, 0.3) is 0 Å². The van der Waals surface area contributed by atoms with Gasteiger partial charge in [-0.3, -0.25) is 4.72 Å². The Morgan fingerprint density at radius 1 is 1.14 bits per heavy atom. The van der Waals surface area contributed by atoms with Crippen molar-refractivity contribution >= 4 is 52.5 Å². The van der Waals surface area contributed by atoms with Gasteiger partial charge in [0.05, 0.1) is 27.7 Å². The van der Waals surface area contributed by atoms with Crippen molar-refractivity contribution in [2.75, 3.05) is 12.4 Å². The average molecular weight is 340 g/mol. The fraction of sp³-hybridized carbons (Fsp3) is 0.0714. The number of para-hydroxylation sites is 1. The number of anilines is 1. The van der Waals surface area contributed by atoms with E-state index < -0.39 is 0 Å². The monoisotopic (exact) mass is 339 g/mol. The van der Waals surface area contributed by atoms with Crippen molar-refractivity contribution in [1.29, 1.82) is 0 Å². The molecule has 1 heterocycles. The van der Waals surface area contributed by atoms with Crippen molar-refractivity contribution in [2.24, 2.45) is 4.99 Å². The number of guanidine groups is 1. The molecule has 0 atom stereocenters. The summed E-state index contributed by atoms with van der Waals surface area (Å²) >= 11 is 13.7. The Morgan fingerprint density at radius 3 is 2.71 bits per heavy atom.